The first-order valence-corrected chi connectivity index (χ1v) is 10.9. The minimum atomic E-state index is -0.295. The zero-order valence-electron chi connectivity index (χ0n) is 18.6. The predicted octanol–water partition coefficient (Wildman–Crippen LogP) is 4.67. The van der Waals surface area contributed by atoms with Crippen LogP contribution in [-0.4, -0.2) is 23.1 Å². The summed E-state index contributed by atoms with van der Waals surface area (Å²) in [5.41, 5.74) is 3.26. The van der Waals surface area contributed by atoms with Gasteiger partial charge in [-0.25, -0.2) is 0 Å². The summed E-state index contributed by atoms with van der Waals surface area (Å²) in [6.45, 7) is 0. The second-order valence-corrected chi connectivity index (χ2v) is 8.12. The summed E-state index contributed by atoms with van der Waals surface area (Å²) in [5.74, 6) is -0.719. The molecule has 0 heterocycles. The molecule has 0 saturated carbocycles. The molecule has 0 saturated heterocycles. The molecule has 36 heavy (non-hydrogen) atoms. The van der Waals surface area contributed by atoms with E-state index >= 15 is 0 Å². The molecule has 2 aliphatic rings. The summed E-state index contributed by atoms with van der Waals surface area (Å²) in [6, 6.07) is 26.8. The van der Waals surface area contributed by atoms with Gasteiger partial charge in [-0.15, -0.1) is 0 Å². The van der Waals surface area contributed by atoms with Gasteiger partial charge in [0.15, 0.2) is 23.1 Å². The largest absolute Gasteiger partial charge is 0.289 e. The highest BCUT2D eigenvalue weighted by Gasteiger charge is 2.31. The second-order valence-electron chi connectivity index (χ2n) is 8.12. The topological polar surface area (TPSA) is 116 Å². The number of carbonyl (C=O) groups is 4. The summed E-state index contributed by atoms with van der Waals surface area (Å²) in [4.78, 5) is 49.0. The Morgan fingerprint density at radius 3 is 0.833 bits per heavy atom. The lowest BCUT2D eigenvalue weighted by Crippen LogP contribution is -2.21. The third-order valence-electron chi connectivity index (χ3n) is 6.14. The van der Waals surface area contributed by atoms with Crippen molar-refractivity contribution in [2.75, 3.05) is 0 Å². The highest BCUT2D eigenvalue weighted by atomic mass is 16.1. The lowest BCUT2D eigenvalue weighted by molar-refractivity contribution is 0.0979. The molecule has 0 aliphatic heterocycles. The number of fused-ring (bicyclic) bond motifs is 4. The fourth-order valence-electron chi connectivity index (χ4n) is 4.38. The van der Waals surface area contributed by atoms with Crippen molar-refractivity contribution in [1.82, 2.24) is 0 Å². The van der Waals surface area contributed by atoms with E-state index in [1.165, 1.54) is 12.1 Å². The van der Waals surface area contributed by atoms with Gasteiger partial charge in [0.1, 0.15) is 12.1 Å². The first-order chi connectivity index (χ1) is 17.5. The van der Waals surface area contributed by atoms with E-state index in [4.69, 9.17) is 10.5 Å². The number of nitrogens with zero attached hydrogens (tertiary/aromatic N) is 2. The van der Waals surface area contributed by atoms with Crippen LogP contribution >= 0.6 is 0 Å². The molecule has 0 atom stereocenters. The molecule has 6 nitrogen and oxygen atoms in total. The third kappa shape index (κ3) is 3.42. The number of nitriles is 2. The van der Waals surface area contributed by atoms with Crippen molar-refractivity contribution in [3.8, 4) is 12.1 Å². The van der Waals surface area contributed by atoms with Gasteiger partial charge in [-0.2, -0.15) is 10.5 Å². The van der Waals surface area contributed by atoms with Crippen LogP contribution in [-0.2, 0) is 0 Å². The van der Waals surface area contributed by atoms with Gasteiger partial charge in [0, 0.05) is 44.5 Å². The second kappa shape index (κ2) is 8.72. The standard InChI is InChI=1S/C16H6N2O2.C14H8O2/c17-7-9-5-13-14(6-10(9)8-18)16(20)12-4-2-1-3-11(12)15(13)19;15-13-9-5-1-2-6-10(9)14(16)12-8-4-3-7-11(12)13/h1-6H;1-8H. The van der Waals surface area contributed by atoms with E-state index in [2.05, 4.69) is 0 Å². The van der Waals surface area contributed by atoms with Crippen LogP contribution in [0.1, 0.15) is 74.8 Å². The van der Waals surface area contributed by atoms with Gasteiger partial charge in [-0.05, 0) is 12.1 Å². The lowest BCUT2D eigenvalue weighted by Gasteiger charge is -2.17. The van der Waals surface area contributed by atoms with Crippen molar-refractivity contribution < 1.29 is 19.2 Å². The Hall–Kier alpha value is -5.46. The molecule has 4 aromatic rings. The molecule has 168 valence electrons. The van der Waals surface area contributed by atoms with Crippen LogP contribution in [0.15, 0.2) is 84.9 Å². The van der Waals surface area contributed by atoms with E-state index in [0.29, 0.717) is 33.4 Å². The summed E-state index contributed by atoms with van der Waals surface area (Å²) in [5, 5.41) is 18.0. The Morgan fingerprint density at radius 1 is 0.389 bits per heavy atom. The molecule has 2 aliphatic carbocycles. The van der Waals surface area contributed by atoms with Crippen LogP contribution in [0.2, 0.25) is 0 Å². The lowest BCUT2D eigenvalue weighted by atomic mass is 9.82. The maximum atomic E-state index is 12.4. The molecule has 0 radical (unpaired) electrons. The monoisotopic (exact) mass is 466 g/mol. The zero-order valence-corrected chi connectivity index (χ0v) is 18.6. The average molecular weight is 466 g/mol. The molecule has 6 heteroatoms. The van der Waals surface area contributed by atoms with Crippen molar-refractivity contribution in [2.45, 2.75) is 0 Å². The van der Waals surface area contributed by atoms with Crippen LogP contribution in [0.4, 0.5) is 0 Å². The average Bonchev–Trinajstić information content (AvgIpc) is 2.94. The minimum Gasteiger partial charge on any atom is -0.289 e. The SMILES string of the molecule is N#Cc1cc2c(cc1C#N)C(=O)c1ccccc1C2=O.O=C1c2ccccc2C(=O)c2ccccc21. The van der Waals surface area contributed by atoms with Crippen LogP contribution in [0, 0.1) is 22.7 Å². The molecule has 4 aromatic carbocycles. The van der Waals surface area contributed by atoms with E-state index < -0.39 is 0 Å². The van der Waals surface area contributed by atoms with Crippen LogP contribution in [0.3, 0.4) is 0 Å². The first kappa shape index (κ1) is 22.3. The number of rotatable bonds is 0. The molecule has 0 fully saturated rings. The number of ketones is 4. The maximum Gasteiger partial charge on any atom is 0.194 e. The smallest absolute Gasteiger partial charge is 0.194 e. The van der Waals surface area contributed by atoms with Crippen LogP contribution in [0.25, 0.3) is 0 Å². The number of benzene rings is 4. The predicted molar refractivity (Wildman–Crippen MR) is 129 cm³/mol. The van der Waals surface area contributed by atoms with Crippen molar-refractivity contribution in [1.29, 1.82) is 10.5 Å². The summed E-state index contributed by atoms with van der Waals surface area (Å²) in [7, 11) is 0. The third-order valence-corrected chi connectivity index (χ3v) is 6.14. The van der Waals surface area contributed by atoms with Crippen LogP contribution < -0.4 is 0 Å². The Bertz CT molecular complexity index is 1560. The van der Waals surface area contributed by atoms with Crippen molar-refractivity contribution >= 4 is 23.1 Å². The van der Waals surface area contributed by atoms with Gasteiger partial charge in [0.25, 0.3) is 0 Å². The Kier molecular flexibility index (Phi) is 5.41. The van der Waals surface area contributed by atoms with Crippen LogP contribution in [0.5, 0.6) is 0 Å². The Labute approximate surface area is 205 Å². The van der Waals surface area contributed by atoms with E-state index in [-0.39, 0.29) is 45.4 Å². The molecular weight excluding hydrogens is 452 g/mol. The Balaban J connectivity index is 0.000000152. The maximum absolute atomic E-state index is 12.4. The van der Waals surface area contributed by atoms with Gasteiger partial charge >= 0.3 is 0 Å². The van der Waals surface area contributed by atoms with E-state index in [9.17, 15) is 19.2 Å². The molecule has 0 unspecified atom stereocenters. The number of hydrogen-bond acceptors (Lipinski definition) is 6. The molecule has 0 N–H and O–H groups in total. The Morgan fingerprint density at radius 2 is 0.611 bits per heavy atom. The van der Waals surface area contributed by atoms with Gasteiger partial charge < -0.3 is 0 Å². The fourth-order valence-corrected chi connectivity index (χ4v) is 4.38. The van der Waals surface area contributed by atoms with E-state index in [1.807, 2.05) is 12.1 Å². The first-order valence-electron chi connectivity index (χ1n) is 10.9. The fraction of sp³-hybridized carbons (Fsp3) is 0. The van der Waals surface area contributed by atoms with Crippen molar-refractivity contribution in [3.05, 3.63) is 141 Å². The quantitative estimate of drug-likeness (QED) is 0.321. The van der Waals surface area contributed by atoms with Gasteiger partial charge in [-0.3, -0.25) is 19.2 Å². The molecule has 0 bridgehead atoms. The normalized spacial score (nSPS) is 12.6. The van der Waals surface area contributed by atoms with Gasteiger partial charge in [-0.1, -0.05) is 72.8 Å². The number of carbonyl (C=O) groups excluding carboxylic acids is 4. The molecule has 6 rings (SSSR count). The summed E-state index contributed by atoms with van der Waals surface area (Å²) >= 11 is 0. The van der Waals surface area contributed by atoms with Gasteiger partial charge in [0.05, 0.1) is 11.1 Å². The molecule has 0 spiro atoms. The highest BCUT2D eigenvalue weighted by molar-refractivity contribution is 6.29. The number of hydrogen-bond donors (Lipinski definition) is 0. The zero-order chi connectivity index (χ0) is 25.4. The van der Waals surface area contributed by atoms with E-state index in [1.54, 1.807) is 72.8 Å². The van der Waals surface area contributed by atoms with Crippen molar-refractivity contribution in [2.24, 2.45) is 0 Å². The molecule has 0 amide bonds. The molecular formula is C30H14N2O4. The van der Waals surface area contributed by atoms with E-state index in [0.717, 1.165) is 0 Å². The highest BCUT2D eigenvalue weighted by Crippen LogP contribution is 2.29. The molecule has 0 aromatic heterocycles. The van der Waals surface area contributed by atoms with Gasteiger partial charge in [0.2, 0.25) is 0 Å². The summed E-state index contributed by atoms with van der Waals surface area (Å²) < 4.78 is 0. The minimum absolute atomic E-state index is 0.0641. The van der Waals surface area contributed by atoms with Crippen molar-refractivity contribution in [3.63, 3.8) is 0 Å². The summed E-state index contributed by atoms with van der Waals surface area (Å²) in [6.07, 6.45) is 0.